The fourth-order valence-electron chi connectivity index (χ4n) is 4.02. The molecule has 3 aliphatic rings. The van der Waals surface area contributed by atoms with E-state index in [1.54, 1.807) is 0 Å². The van der Waals surface area contributed by atoms with Gasteiger partial charge in [0, 0.05) is 50.1 Å². The van der Waals surface area contributed by atoms with Crippen molar-refractivity contribution in [1.82, 2.24) is 10.6 Å². The van der Waals surface area contributed by atoms with Gasteiger partial charge in [0.15, 0.2) is 0 Å². The highest BCUT2D eigenvalue weighted by Gasteiger charge is 2.40. The first-order valence-corrected chi connectivity index (χ1v) is 10.5. The number of hydrogen-bond donors (Lipinski definition) is 2. The number of thiophene rings is 1. The maximum Gasteiger partial charge on any atom is 0.261 e. The zero-order valence-electron chi connectivity index (χ0n) is 14.8. The van der Waals surface area contributed by atoms with Crippen molar-refractivity contribution < 1.29 is 18.3 Å². The Morgan fingerprint density at radius 2 is 1.88 bits per heavy atom. The number of alkyl halides is 2. The molecule has 2 N–H and O–H groups in total. The van der Waals surface area contributed by atoms with E-state index < -0.39 is 5.92 Å². The quantitative estimate of drug-likeness (QED) is 0.814. The second-order valence-corrected chi connectivity index (χ2v) is 8.76. The molecule has 26 heavy (non-hydrogen) atoms. The topological polar surface area (TPSA) is 50.4 Å². The van der Waals surface area contributed by atoms with Crippen LogP contribution in [-0.4, -0.2) is 43.2 Å². The molecule has 0 spiro atoms. The van der Waals surface area contributed by atoms with Gasteiger partial charge in [-0.25, -0.2) is 8.78 Å². The summed E-state index contributed by atoms with van der Waals surface area (Å²) in [5, 5.41) is 8.71. The third-order valence-corrected chi connectivity index (χ3v) is 6.73. The number of rotatable bonds is 5. The molecule has 2 aliphatic carbocycles. The fourth-order valence-corrected chi connectivity index (χ4v) is 4.90. The summed E-state index contributed by atoms with van der Waals surface area (Å²) in [6, 6.07) is 2.90. The first kappa shape index (κ1) is 18.3. The number of ether oxygens (including phenoxy) is 1. The molecule has 1 aromatic rings. The number of amides is 1. The highest BCUT2D eigenvalue weighted by Crippen LogP contribution is 2.43. The summed E-state index contributed by atoms with van der Waals surface area (Å²) in [5.41, 5.74) is 1.22. The van der Waals surface area contributed by atoms with E-state index in [4.69, 9.17) is 4.74 Å². The molecular weight excluding hydrogens is 358 g/mol. The number of carbonyl (C=O) groups excluding carboxylic acids is 1. The van der Waals surface area contributed by atoms with Gasteiger partial charge in [-0.3, -0.25) is 4.79 Å². The summed E-state index contributed by atoms with van der Waals surface area (Å²) in [6.07, 6.45) is 3.71. The summed E-state index contributed by atoms with van der Waals surface area (Å²) < 4.78 is 31.8. The van der Waals surface area contributed by atoms with E-state index in [9.17, 15) is 13.6 Å². The Hall–Kier alpha value is -1.05. The fraction of sp³-hybridized carbons (Fsp3) is 0.737. The predicted molar refractivity (Wildman–Crippen MR) is 97.1 cm³/mol. The summed E-state index contributed by atoms with van der Waals surface area (Å²) in [4.78, 5) is 13.1. The van der Waals surface area contributed by atoms with Crippen LogP contribution in [0.4, 0.5) is 8.78 Å². The van der Waals surface area contributed by atoms with Gasteiger partial charge >= 0.3 is 0 Å². The first-order valence-electron chi connectivity index (χ1n) is 9.61. The van der Waals surface area contributed by atoms with E-state index in [0.29, 0.717) is 35.7 Å². The van der Waals surface area contributed by atoms with Gasteiger partial charge in [-0.1, -0.05) is 0 Å². The SMILES string of the molecule is O=C(NC1CCC(F)(F)CC1)c1cc([C@@H]2C[C@H]2NC2CCOCC2)cs1. The van der Waals surface area contributed by atoms with Gasteiger partial charge in [0.1, 0.15) is 0 Å². The molecule has 1 saturated heterocycles. The van der Waals surface area contributed by atoms with Crippen LogP contribution in [-0.2, 0) is 4.74 Å². The molecule has 3 fully saturated rings. The Labute approximate surface area is 156 Å². The van der Waals surface area contributed by atoms with Crippen molar-refractivity contribution in [2.45, 2.75) is 74.9 Å². The van der Waals surface area contributed by atoms with E-state index >= 15 is 0 Å². The molecule has 144 valence electrons. The molecule has 2 saturated carbocycles. The minimum absolute atomic E-state index is 0.119. The maximum absolute atomic E-state index is 13.2. The molecular formula is C19H26F2N2O2S. The van der Waals surface area contributed by atoms with Gasteiger partial charge in [-0.15, -0.1) is 11.3 Å². The van der Waals surface area contributed by atoms with Crippen LogP contribution in [0.15, 0.2) is 11.4 Å². The minimum atomic E-state index is -2.56. The lowest BCUT2D eigenvalue weighted by molar-refractivity contribution is -0.0399. The molecule has 7 heteroatoms. The van der Waals surface area contributed by atoms with Crippen molar-refractivity contribution in [3.8, 4) is 0 Å². The molecule has 0 bridgehead atoms. The average molecular weight is 384 g/mol. The molecule has 0 unspecified atom stereocenters. The zero-order chi connectivity index (χ0) is 18.1. The summed E-state index contributed by atoms with van der Waals surface area (Å²) in [7, 11) is 0. The van der Waals surface area contributed by atoms with Crippen LogP contribution in [0.25, 0.3) is 0 Å². The van der Waals surface area contributed by atoms with Gasteiger partial charge in [-0.2, -0.15) is 0 Å². The van der Waals surface area contributed by atoms with Crippen LogP contribution in [0.5, 0.6) is 0 Å². The smallest absolute Gasteiger partial charge is 0.261 e. The molecule has 4 nitrogen and oxygen atoms in total. The van der Waals surface area contributed by atoms with Crippen LogP contribution in [0.3, 0.4) is 0 Å². The first-order chi connectivity index (χ1) is 12.5. The predicted octanol–water partition coefficient (Wildman–Crippen LogP) is 3.68. The van der Waals surface area contributed by atoms with Crippen molar-refractivity contribution in [1.29, 1.82) is 0 Å². The Bertz CT molecular complexity index is 635. The third-order valence-electron chi connectivity index (χ3n) is 5.79. The largest absolute Gasteiger partial charge is 0.381 e. The highest BCUT2D eigenvalue weighted by atomic mass is 32.1. The molecule has 0 radical (unpaired) electrons. The second kappa shape index (κ2) is 7.52. The van der Waals surface area contributed by atoms with Crippen molar-refractivity contribution in [2.24, 2.45) is 0 Å². The molecule has 4 rings (SSSR count). The molecule has 1 aliphatic heterocycles. The Morgan fingerprint density at radius 3 is 2.62 bits per heavy atom. The molecule has 0 aromatic carbocycles. The second-order valence-electron chi connectivity index (χ2n) is 7.85. The van der Waals surface area contributed by atoms with E-state index in [2.05, 4.69) is 16.0 Å². The van der Waals surface area contributed by atoms with E-state index in [1.807, 2.05) is 6.07 Å². The van der Waals surface area contributed by atoms with Crippen LogP contribution in [0.2, 0.25) is 0 Å². The summed E-state index contributed by atoms with van der Waals surface area (Å²) in [5.74, 6) is -2.19. The van der Waals surface area contributed by atoms with E-state index in [-0.39, 0.29) is 24.8 Å². The maximum atomic E-state index is 13.2. The van der Waals surface area contributed by atoms with Gasteiger partial charge in [0.2, 0.25) is 5.92 Å². The average Bonchev–Trinajstić information content (AvgIpc) is 3.20. The highest BCUT2D eigenvalue weighted by molar-refractivity contribution is 7.12. The van der Waals surface area contributed by atoms with Crippen LogP contribution >= 0.6 is 11.3 Å². The van der Waals surface area contributed by atoms with Crippen molar-refractivity contribution >= 4 is 17.2 Å². The Morgan fingerprint density at radius 1 is 1.15 bits per heavy atom. The van der Waals surface area contributed by atoms with Crippen LogP contribution in [0.1, 0.15) is 66.1 Å². The van der Waals surface area contributed by atoms with Crippen molar-refractivity contribution in [3.05, 3.63) is 21.9 Å². The summed E-state index contributed by atoms with van der Waals surface area (Å²) in [6.45, 7) is 1.68. The molecule has 1 amide bonds. The molecule has 2 heterocycles. The Balaban J connectivity index is 1.26. The molecule has 2 atom stereocenters. The van der Waals surface area contributed by atoms with Gasteiger partial charge in [0.25, 0.3) is 5.91 Å². The lowest BCUT2D eigenvalue weighted by atomic mass is 9.92. The van der Waals surface area contributed by atoms with E-state index in [1.165, 1.54) is 16.9 Å². The van der Waals surface area contributed by atoms with E-state index in [0.717, 1.165) is 32.5 Å². The Kier molecular flexibility index (Phi) is 5.30. The third kappa shape index (κ3) is 4.43. The van der Waals surface area contributed by atoms with Gasteiger partial charge < -0.3 is 15.4 Å². The zero-order valence-corrected chi connectivity index (χ0v) is 15.6. The standard InChI is InChI=1S/C19H26F2N2O2S/c20-19(21)5-1-13(2-6-19)23-18(24)17-9-12(11-26-17)15-10-16(15)22-14-3-7-25-8-4-14/h9,11,13-16,22H,1-8,10H2,(H,23,24)/t15-,16+/m0/s1. The lowest BCUT2D eigenvalue weighted by Gasteiger charge is -2.28. The van der Waals surface area contributed by atoms with Crippen LogP contribution < -0.4 is 10.6 Å². The van der Waals surface area contributed by atoms with Crippen molar-refractivity contribution in [2.75, 3.05) is 13.2 Å². The number of carbonyl (C=O) groups is 1. The van der Waals surface area contributed by atoms with Gasteiger partial charge in [-0.05, 0) is 49.1 Å². The normalized spacial score (nSPS) is 29.5. The summed E-state index contributed by atoms with van der Waals surface area (Å²) >= 11 is 1.45. The van der Waals surface area contributed by atoms with Gasteiger partial charge in [0.05, 0.1) is 4.88 Å². The molecule has 1 aromatic heterocycles. The minimum Gasteiger partial charge on any atom is -0.381 e. The number of nitrogens with one attached hydrogen (secondary N) is 2. The monoisotopic (exact) mass is 384 g/mol. The number of halogens is 2. The lowest BCUT2D eigenvalue weighted by Crippen LogP contribution is -2.40. The van der Waals surface area contributed by atoms with Crippen molar-refractivity contribution in [3.63, 3.8) is 0 Å². The number of hydrogen-bond acceptors (Lipinski definition) is 4. The van der Waals surface area contributed by atoms with Crippen LogP contribution in [0, 0.1) is 0 Å².